The lowest BCUT2D eigenvalue weighted by Gasteiger charge is -2.09. The molecule has 0 radical (unpaired) electrons. The molecule has 6 nitrogen and oxygen atoms in total. The van der Waals surface area contributed by atoms with Crippen LogP contribution in [-0.4, -0.2) is 32.7 Å². The molecule has 2 aromatic rings. The first kappa shape index (κ1) is 19.1. The Morgan fingerprint density at radius 1 is 1.08 bits per heavy atom. The van der Waals surface area contributed by atoms with Gasteiger partial charge in [0.2, 0.25) is 5.91 Å². The molecule has 1 amide bonds. The fraction of sp³-hybridized carbons (Fsp3) is 0.200. The van der Waals surface area contributed by atoms with E-state index >= 15 is 0 Å². The molecule has 0 aliphatic heterocycles. The summed E-state index contributed by atoms with van der Waals surface area (Å²) in [6.45, 7) is 2.44. The Hall–Kier alpha value is -3.28. The van der Waals surface area contributed by atoms with Gasteiger partial charge in [-0.05, 0) is 48.9 Å². The molecule has 136 valence electrons. The zero-order valence-corrected chi connectivity index (χ0v) is 14.9. The molecular weight excluding hydrogens is 334 g/mol. The Morgan fingerprint density at radius 2 is 1.88 bits per heavy atom. The number of nitrogens with one attached hydrogen (secondary N) is 1. The predicted octanol–water partition coefficient (Wildman–Crippen LogP) is 3.53. The lowest BCUT2D eigenvalue weighted by atomic mass is 10.1. The van der Waals surface area contributed by atoms with E-state index < -0.39 is 5.97 Å². The fourth-order valence-corrected chi connectivity index (χ4v) is 2.26. The molecule has 0 aromatic heterocycles. The molecule has 2 aromatic carbocycles. The van der Waals surface area contributed by atoms with Crippen LogP contribution in [0.25, 0.3) is 6.08 Å². The number of ether oxygens (including phenoxy) is 3. The maximum atomic E-state index is 12.1. The summed E-state index contributed by atoms with van der Waals surface area (Å²) in [4.78, 5) is 23.6. The summed E-state index contributed by atoms with van der Waals surface area (Å²) in [7, 11) is 2.87. The number of methoxy groups -OCH3 is 2. The molecule has 0 heterocycles. The summed E-state index contributed by atoms with van der Waals surface area (Å²) < 4.78 is 15.4. The van der Waals surface area contributed by atoms with Crippen molar-refractivity contribution in [3.05, 3.63) is 59.7 Å². The summed E-state index contributed by atoms with van der Waals surface area (Å²) in [5.41, 5.74) is 1.67. The third-order valence-electron chi connectivity index (χ3n) is 3.47. The first-order valence-corrected chi connectivity index (χ1v) is 8.05. The fourth-order valence-electron chi connectivity index (χ4n) is 2.26. The normalized spacial score (nSPS) is 10.4. The summed E-state index contributed by atoms with van der Waals surface area (Å²) >= 11 is 0. The number of amides is 1. The quantitative estimate of drug-likeness (QED) is 0.607. The highest BCUT2D eigenvalue weighted by Gasteiger charge is 2.07. The van der Waals surface area contributed by atoms with Crippen molar-refractivity contribution in [2.24, 2.45) is 0 Å². The van der Waals surface area contributed by atoms with E-state index in [2.05, 4.69) is 10.1 Å². The first-order valence-electron chi connectivity index (χ1n) is 8.05. The van der Waals surface area contributed by atoms with Crippen molar-refractivity contribution < 1.29 is 23.8 Å². The molecular formula is C20H21NO5. The molecule has 0 saturated heterocycles. The minimum absolute atomic E-state index is 0.320. The number of benzene rings is 2. The monoisotopic (exact) mass is 355 g/mol. The maximum Gasteiger partial charge on any atom is 0.337 e. The molecule has 0 unspecified atom stereocenters. The van der Waals surface area contributed by atoms with Crippen LogP contribution in [0.2, 0.25) is 0 Å². The van der Waals surface area contributed by atoms with Crippen LogP contribution < -0.4 is 14.8 Å². The minimum atomic E-state index is -0.460. The third-order valence-corrected chi connectivity index (χ3v) is 3.47. The van der Waals surface area contributed by atoms with Gasteiger partial charge in [-0.1, -0.05) is 12.1 Å². The van der Waals surface area contributed by atoms with E-state index in [4.69, 9.17) is 9.47 Å². The van der Waals surface area contributed by atoms with Gasteiger partial charge in [0.05, 0.1) is 26.4 Å². The molecule has 0 saturated carbocycles. The summed E-state index contributed by atoms with van der Waals surface area (Å²) in [6, 6.07) is 11.9. The molecule has 2 rings (SSSR count). The second-order valence-corrected chi connectivity index (χ2v) is 5.24. The van der Waals surface area contributed by atoms with E-state index in [0.717, 1.165) is 5.56 Å². The molecule has 0 atom stereocenters. The number of anilines is 1. The van der Waals surface area contributed by atoms with Crippen LogP contribution in [0.15, 0.2) is 48.5 Å². The molecule has 0 bridgehead atoms. The topological polar surface area (TPSA) is 73.9 Å². The van der Waals surface area contributed by atoms with Crippen LogP contribution in [0, 0.1) is 0 Å². The Bertz CT molecular complexity index is 814. The zero-order chi connectivity index (χ0) is 18.9. The number of esters is 1. The molecule has 6 heteroatoms. The van der Waals surface area contributed by atoms with E-state index in [1.54, 1.807) is 49.6 Å². The van der Waals surface area contributed by atoms with Gasteiger partial charge in [-0.25, -0.2) is 4.79 Å². The van der Waals surface area contributed by atoms with E-state index in [1.165, 1.54) is 13.2 Å². The smallest absolute Gasteiger partial charge is 0.337 e. The van der Waals surface area contributed by atoms with E-state index in [1.807, 2.05) is 13.0 Å². The Labute approximate surface area is 152 Å². The Kier molecular flexibility index (Phi) is 6.79. The molecule has 0 aliphatic rings. The van der Waals surface area contributed by atoms with Gasteiger partial charge in [0, 0.05) is 11.8 Å². The summed E-state index contributed by atoms with van der Waals surface area (Å²) in [5, 5.41) is 2.70. The zero-order valence-electron chi connectivity index (χ0n) is 14.9. The van der Waals surface area contributed by atoms with Gasteiger partial charge < -0.3 is 19.5 Å². The molecule has 26 heavy (non-hydrogen) atoms. The predicted molar refractivity (Wildman–Crippen MR) is 99.6 cm³/mol. The van der Waals surface area contributed by atoms with Crippen molar-refractivity contribution >= 4 is 23.6 Å². The molecule has 0 fully saturated rings. The second-order valence-electron chi connectivity index (χ2n) is 5.24. The van der Waals surface area contributed by atoms with Gasteiger partial charge in [0.25, 0.3) is 0 Å². The maximum absolute atomic E-state index is 12.1. The van der Waals surface area contributed by atoms with Crippen LogP contribution in [0.4, 0.5) is 5.69 Å². The van der Waals surface area contributed by atoms with Crippen molar-refractivity contribution in [1.82, 2.24) is 0 Å². The van der Waals surface area contributed by atoms with Crippen molar-refractivity contribution in [3.63, 3.8) is 0 Å². The van der Waals surface area contributed by atoms with Crippen LogP contribution in [0.3, 0.4) is 0 Å². The highest BCUT2D eigenvalue weighted by atomic mass is 16.5. The second kappa shape index (κ2) is 9.27. The molecule has 1 N–H and O–H groups in total. The Balaban J connectivity index is 2.07. The van der Waals surface area contributed by atoms with Crippen LogP contribution in [-0.2, 0) is 9.53 Å². The Morgan fingerprint density at radius 3 is 2.58 bits per heavy atom. The number of hydrogen-bond acceptors (Lipinski definition) is 5. The van der Waals surface area contributed by atoms with E-state index in [0.29, 0.717) is 29.4 Å². The van der Waals surface area contributed by atoms with Crippen molar-refractivity contribution in [2.75, 3.05) is 26.1 Å². The number of hydrogen-bond donors (Lipinski definition) is 1. The van der Waals surface area contributed by atoms with E-state index in [9.17, 15) is 9.59 Å². The van der Waals surface area contributed by atoms with Gasteiger partial charge >= 0.3 is 5.97 Å². The van der Waals surface area contributed by atoms with Crippen LogP contribution >= 0.6 is 0 Å². The highest BCUT2D eigenvalue weighted by molar-refractivity contribution is 6.02. The van der Waals surface area contributed by atoms with Crippen molar-refractivity contribution in [3.8, 4) is 11.5 Å². The van der Waals surface area contributed by atoms with Crippen LogP contribution in [0.1, 0.15) is 22.8 Å². The molecule has 0 spiro atoms. The SMILES string of the molecule is CCOc1ccc(/C=C/C(=O)Nc2cccc(C(=O)OC)c2)cc1OC. The first-order chi connectivity index (χ1) is 12.6. The van der Waals surface area contributed by atoms with Crippen molar-refractivity contribution in [2.45, 2.75) is 6.92 Å². The van der Waals surface area contributed by atoms with Gasteiger partial charge in [0.15, 0.2) is 11.5 Å². The average Bonchev–Trinajstić information content (AvgIpc) is 2.67. The summed E-state index contributed by atoms with van der Waals surface area (Å²) in [5.74, 6) is 0.467. The average molecular weight is 355 g/mol. The number of rotatable bonds is 7. The number of carbonyl (C=O) groups excluding carboxylic acids is 2. The standard InChI is InChI=1S/C20H21NO5/c1-4-26-17-10-8-14(12-18(17)24-2)9-11-19(22)21-16-7-5-6-15(13-16)20(23)25-3/h5-13H,4H2,1-3H3,(H,21,22)/b11-9+. The largest absolute Gasteiger partial charge is 0.493 e. The number of carbonyl (C=O) groups is 2. The van der Waals surface area contributed by atoms with Gasteiger partial charge in [-0.2, -0.15) is 0 Å². The summed E-state index contributed by atoms with van der Waals surface area (Å²) in [6.07, 6.45) is 3.07. The van der Waals surface area contributed by atoms with Crippen LogP contribution in [0.5, 0.6) is 11.5 Å². The van der Waals surface area contributed by atoms with Gasteiger partial charge in [-0.15, -0.1) is 0 Å². The van der Waals surface area contributed by atoms with Gasteiger partial charge in [-0.3, -0.25) is 4.79 Å². The third kappa shape index (κ3) is 5.11. The lowest BCUT2D eigenvalue weighted by Crippen LogP contribution is -2.09. The van der Waals surface area contributed by atoms with E-state index in [-0.39, 0.29) is 5.91 Å². The van der Waals surface area contributed by atoms with Gasteiger partial charge in [0.1, 0.15) is 0 Å². The highest BCUT2D eigenvalue weighted by Crippen LogP contribution is 2.28. The van der Waals surface area contributed by atoms with Crippen molar-refractivity contribution in [1.29, 1.82) is 0 Å². The minimum Gasteiger partial charge on any atom is -0.493 e. The lowest BCUT2D eigenvalue weighted by molar-refractivity contribution is -0.111. The molecule has 0 aliphatic carbocycles.